The minimum Gasteiger partial charge on any atom is -0.382 e. The minimum absolute atomic E-state index is 0.0100. The van der Waals surface area contributed by atoms with E-state index in [1.54, 1.807) is 0 Å². The van der Waals surface area contributed by atoms with Crippen LogP contribution in [0.3, 0.4) is 0 Å². The normalized spacial score (nSPS) is 11.6. The standard InChI is InChI=1S/C9H8F5NS/c10-6-1-2-8(7(11)5-6)15-3-4-16-9(12,13)14/h1-2,5,15H,3-4H2. The maximum atomic E-state index is 13.0. The van der Waals surface area contributed by atoms with Crippen LogP contribution in [-0.4, -0.2) is 17.8 Å². The Hall–Kier alpha value is -0.980. The second-order valence-electron chi connectivity index (χ2n) is 2.85. The maximum absolute atomic E-state index is 13.0. The molecule has 0 amide bonds. The average molecular weight is 257 g/mol. The van der Waals surface area contributed by atoms with Crippen LogP contribution in [0.25, 0.3) is 0 Å². The van der Waals surface area contributed by atoms with Gasteiger partial charge in [-0.1, -0.05) is 0 Å². The molecule has 0 aliphatic carbocycles. The molecule has 1 nitrogen and oxygen atoms in total. The van der Waals surface area contributed by atoms with E-state index < -0.39 is 17.1 Å². The van der Waals surface area contributed by atoms with Crippen LogP contribution in [0.1, 0.15) is 0 Å². The molecule has 1 aromatic rings. The molecule has 0 saturated heterocycles. The largest absolute Gasteiger partial charge is 0.441 e. The van der Waals surface area contributed by atoms with Crippen LogP contribution in [0, 0.1) is 11.6 Å². The predicted molar refractivity (Wildman–Crippen MR) is 53.4 cm³/mol. The highest BCUT2D eigenvalue weighted by molar-refractivity contribution is 8.00. The van der Waals surface area contributed by atoms with E-state index in [1.807, 2.05) is 0 Å². The van der Waals surface area contributed by atoms with Gasteiger partial charge in [0, 0.05) is 18.4 Å². The molecule has 90 valence electrons. The molecule has 7 heteroatoms. The molecule has 0 aromatic heterocycles. The first-order valence-electron chi connectivity index (χ1n) is 4.28. The van der Waals surface area contributed by atoms with Gasteiger partial charge in [-0.15, -0.1) is 0 Å². The number of anilines is 1. The van der Waals surface area contributed by atoms with Gasteiger partial charge in [0.1, 0.15) is 11.6 Å². The highest BCUT2D eigenvalue weighted by atomic mass is 32.2. The molecule has 0 heterocycles. The summed E-state index contributed by atoms with van der Waals surface area (Å²) in [5, 5.41) is 2.45. The molecule has 0 saturated carbocycles. The number of hydrogen-bond acceptors (Lipinski definition) is 2. The van der Waals surface area contributed by atoms with Gasteiger partial charge in [-0.2, -0.15) is 13.2 Å². The van der Waals surface area contributed by atoms with Crippen molar-refractivity contribution in [2.24, 2.45) is 0 Å². The fourth-order valence-corrected chi connectivity index (χ4v) is 1.42. The molecule has 0 bridgehead atoms. The molecular weight excluding hydrogens is 249 g/mol. The molecule has 16 heavy (non-hydrogen) atoms. The number of nitrogens with one attached hydrogen (secondary N) is 1. The summed E-state index contributed by atoms with van der Waals surface area (Å²) in [6, 6.07) is 2.84. The zero-order valence-corrected chi connectivity index (χ0v) is 8.76. The van der Waals surface area contributed by atoms with Gasteiger partial charge in [0.15, 0.2) is 0 Å². The zero-order chi connectivity index (χ0) is 12.2. The van der Waals surface area contributed by atoms with Crippen LogP contribution in [-0.2, 0) is 0 Å². The van der Waals surface area contributed by atoms with Crippen LogP contribution in [0.2, 0.25) is 0 Å². The Kier molecular flexibility index (Phi) is 4.40. The quantitative estimate of drug-likeness (QED) is 0.653. The van der Waals surface area contributed by atoms with E-state index in [2.05, 4.69) is 5.32 Å². The molecule has 0 atom stereocenters. The van der Waals surface area contributed by atoms with Gasteiger partial charge in [0.05, 0.1) is 5.69 Å². The van der Waals surface area contributed by atoms with Crippen molar-refractivity contribution in [3.05, 3.63) is 29.8 Å². The van der Waals surface area contributed by atoms with Crippen molar-refractivity contribution < 1.29 is 22.0 Å². The number of alkyl halides is 3. The van der Waals surface area contributed by atoms with E-state index in [-0.39, 0.29) is 29.7 Å². The summed E-state index contributed by atoms with van der Waals surface area (Å²) in [5.74, 6) is -1.79. The molecule has 1 aromatic carbocycles. The van der Waals surface area contributed by atoms with Crippen LogP contribution in [0.15, 0.2) is 18.2 Å². The number of benzene rings is 1. The summed E-state index contributed by atoms with van der Waals surface area (Å²) in [4.78, 5) is 0. The fraction of sp³-hybridized carbons (Fsp3) is 0.333. The van der Waals surface area contributed by atoms with Crippen molar-refractivity contribution in [3.63, 3.8) is 0 Å². The zero-order valence-electron chi connectivity index (χ0n) is 7.94. The smallest absolute Gasteiger partial charge is 0.382 e. The van der Waals surface area contributed by atoms with Crippen molar-refractivity contribution >= 4 is 17.4 Å². The van der Waals surface area contributed by atoms with Gasteiger partial charge in [0.25, 0.3) is 0 Å². The Balaban J connectivity index is 2.38. The third kappa shape index (κ3) is 4.69. The van der Waals surface area contributed by atoms with Crippen molar-refractivity contribution in [3.8, 4) is 0 Å². The van der Waals surface area contributed by atoms with Crippen molar-refractivity contribution in [1.29, 1.82) is 0 Å². The number of thioether (sulfide) groups is 1. The van der Waals surface area contributed by atoms with Gasteiger partial charge in [0.2, 0.25) is 0 Å². The summed E-state index contributed by atoms with van der Waals surface area (Å²) in [6.45, 7) is -0.0489. The van der Waals surface area contributed by atoms with E-state index in [0.717, 1.165) is 12.1 Å². The van der Waals surface area contributed by atoms with Crippen LogP contribution < -0.4 is 5.32 Å². The Morgan fingerprint density at radius 2 is 1.88 bits per heavy atom. The Morgan fingerprint density at radius 1 is 1.19 bits per heavy atom. The van der Waals surface area contributed by atoms with Gasteiger partial charge in [-0.05, 0) is 23.9 Å². The molecule has 0 radical (unpaired) electrons. The Labute approximate surface area is 93.0 Å². The Morgan fingerprint density at radius 3 is 2.44 bits per heavy atom. The highest BCUT2D eigenvalue weighted by Gasteiger charge is 2.27. The topological polar surface area (TPSA) is 12.0 Å². The van der Waals surface area contributed by atoms with E-state index in [1.165, 1.54) is 0 Å². The van der Waals surface area contributed by atoms with Gasteiger partial charge in [-0.3, -0.25) is 0 Å². The van der Waals surface area contributed by atoms with Gasteiger partial charge < -0.3 is 5.32 Å². The lowest BCUT2D eigenvalue weighted by Gasteiger charge is -2.08. The molecule has 0 fully saturated rings. The Bertz CT molecular complexity index is 352. The van der Waals surface area contributed by atoms with Crippen LogP contribution >= 0.6 is 11.8 Å². The minimum atomic E-state index is -4.29. The lowest BCUT2D eigenvalue weighted by molar-refractivity contribution is -0.0327. The van der Waals surface area contributed by atoms with Crippen LogP contribution in [0.4, 0.5) is 27.6 Å². The number of rotatable bonds is 4. The van der Waals surface area contributed by atoms with E-state index in [9.17, 15) is 22.0 Å². The summed E-state index contributed by atoms with van der Waals surface area (Å²) in [5.41, 5.74) is -4.30. The molecule has 0 unspecified atom stereocenters. The number of halogens is 5. The highest BCUT2D eigenvalue weighted by Crippen LogP contribution is 2.29. The van der Waals surface area contributed by atoms with Gasteiger partial charge in [-0.25, -0.2) is 8.78 Å². The summed E-state index contributed by atoms with van der Waals surface area (Å²) >= 11 is -0.197. The predicted octanol–water partition coefficient (Wildman–Crippen LogP) is 3.63. The molecule has 0 aliphatic rings. The van der Waals surface area contributed by atoms with E-state index in [4.69, 9.17) is 0 Å². The first-order valence-corrected chi connectivity index (χ1v) is 5.26. The van der Waals surface area contributed by atoms with E-state index >= 15 is 0 Å². The van der Waals surface area contributed by atoms with Gasteiger partial charge >= 0.3 is 5.51 Å². The lowest BCUT2D eigenvalue weighted by atomic mass is 10.3. The maximum Gasteiger partial charge on any atom is 0.441 e. The molecule has 1 rings (SSSR count). The second kappa shape index (κ2) is 5.38. The summed E-state index contributed by atoms with van der Waals surface area (Å²) in [6.07, 6.45) is 0. The lowest BCUT2D eigenvalue weighted by Crippen LogP contribution is -2.10. The van der Waals surface area contributed by atoms with Crippen molar-refractivity contribution in [1.82, 2.24) is 0 Å². The molecular formula is C9H8F5NS. The fourth-order valence-electron chi connectivity index (χ4n) is 0.985. The van der Waals surface area contributed by atoms with Crippen molar-refractivity contribution in [2.45, 2.75) is 5.51 Å². The molecule has 0 spiro atoms. The third-order valence-corrected chi connectivity index (χ3v) is 2.35. The summed E-state index contributed by atoms with van der Waals surface area (Å²) in [7, 11) is 0. The third-order valence-electron chi connectivity index (χ3n) is 1.61. The summed E-state index contributed by atoms with van der Waals surface area (Å²) < 4.78 is 60.6. The van der Waals surface area contributed by atoms with Crippen molar-refractivity contribution in [2.75, 3.05) is 17.6 Å². The SMILES string of the molecule is Fc1ccc(NCCSC(F)(F)F)c(F)c1. The average Bonchev–Trinajstić information content (AvgIpc) is 2.13. The monoisotopic (exact) mass is 257 g/mol. The first kappa shape index (κ1) is 13.1. The van der Waals surface area contributed by atoms with Crippen LogP contribution in [0.5, 0.6) is 0 Å². The first-order chi connectivity index (χ1) is 7.38. The molecule has 1 N–H and O–H groups in total. The number of hydrogen-bond donors (Lipinski definition) is 1. The second-order valence-corrected chi connectivity index (χ2v) is 4.00. The van der Waals surface area contributed by atoms with E-state index in [0.29, 0.717) is 6.07 Å². The molecule has 0 aliphatic heterocycles.